The number of methoxy groups -OCH3 is 1. The van der Waals surface area contributed by atoms with Crippen LogP contribution >= 0.6 is 0 Å². The van der Waals surface area contributed by atoms with Crippen molar-refractivity contribution < 1.29 is 14.3 Å². The van der Waals surface area contributed by atoms with Crippen molar-refractivity contribution in [2.75, 3.05) is 40.0 Å². The van der Waals surface area contributed by atoms with Gasteiger partial charge in [-0.25, -0.2) is 4.98 Å². The maximum atomic E-state index is 12.7. The van der Waals surface area contributed by atoms with Gasteiger partial charge in [-0.15, -0.1) is 0 Å². The molecule has 0 atom stereocenters. The normalized spacial score (nSPS) is 17.8. The number of ether oxygens (including phenoxy) is 2. The van der Waals surface area contributed by atoms with Crippen molar-refractivity contribution in [1.29, 1.82) is 0 Å². The van der Waals surface area contributed by atoms with Gasteiger partial charge in [-0.2, -0.15) is 5.10 Å². The zero-order valence-corrected chi connectivity index (χ0v) is 14.9. The minimum atomic E-state index is 0.00757. The molecule has 2 aromatic heterocycles. The van der Waals surface area contributed by atoms with Crippen LogP contribution in [0.2, 0.25) is 0 Å². The molecule has 0 aliphatic carbocycles. The number of aromatic amines is 1. The first kappa shape index (κ1) is 17.0. The Morgan fingerprint density at radius 3 is 3.00 bits per heavy atom. The highest BCUT2D eigenvalue weighted by molar-refractivity contribution is 5.94. The van der Waals surface area contributed by atoms with Crippen LogP contribution < -0.4 is 4.74 Å². The maximum absolute atomic E-state index is 12.7. The highest BCUT2D eigenvalue weighted by Gasteiger charge is 2.28. The number of pyridine rings is 1. The Balaban J connectivity index is 1.47. The molecule has 1 saturated heterocycles. The first-order valence-corrected chi connectivity index (χ1v) is 8.89. The van der Waals surface area contributed by atoms with Crippen LogP contribution in [0.25, 0.3) is 0 Å². The summed E-state index contributed by atoms with van der Waals surface area (Å²) in [6.07, 6.45) is 2.54. The third-order valence-electron chi connectivity index (χ3n) is 4.95. The van der Waals surface area contributed by atoms with Gasteiger partial charge in [0, 0.05) is 50.0 Å². The van der Waals surface area contributed by atoms with Crippen molar-refractivity contribution in [2.45, 2.75) is 19.5 Å². The van der Waals surface area contributed by atoms with Crippen LogP contribution in [-0.2, 0) is 24.2 Å². The van der Waals surface area contributed by atoms with E-state index in [0.29, 0.717) is 37.9 Å². The first-order valence-electron chi connectivity index (χ1n) is 8.89. The second-order valence-electron chi connectivity index (χ2n) is 6.57. The Labute approximate surface area is 152 Å². The molecule has 8 nitrogen and oxygen atoms in total. The molecular weight excluding hydrogens is 334 g/mol. The monoisotopic (exact) mass is 357 g/mol. The van der Waals surface area contributed by atoms with Crippen LogP contribution in [0.3, 0.4) is 0 Å². The molecule has 2 aliphatic heterocycles. The van der Waals surface area contributed by atoms with Gasteiger partial charge < -0.3 is 14.4 Å². The second kappa shape index (κ2) is 7.43. The van der Waals surface area contributed by atoms with Crippen molar-refractivity contribution in [3.05, 3.63) is 40.8 Å². The zero-order chi connectivity index (χ0) is 17.9. The molecule has 0 radical (unpaired) electrons. The lowest BCUT2D eigenvalue weighted by atomic mass is 10.0. The summed E-state index contributed by atoms with van der Waals surface area (Å²) < 4.78 is 10.7. The standard InChI is InChI=1S/C18H23N5O3/c1-25-17-13(3-2-5-19-17)11-22-6-4-14-15(12-22)20-21-16(14)18(24)23-7-9-26-10-8-23/h2-3,5H,4,6-12H2,1H3,(H,20,21). The van der Waals surface area contributed by atoms with Gasteiger partial charge in [0.2, 0.25) is 5.88 Å². The summed E-state index contributed by atoms with van der Waals surface area (Å²) in [7, 11) is 1.64. The van der Waals surface area contributed by atoms with E-state index in [1.165, 1.54) is 0 Å². The summed E-state index contributed by atoms with van der Waals surface area (Å²) in [5.41, 5.74) is 3.70. The molecule has 26 heavy (non-hydrogen) atoms. The number of morpholine rings is 1. The van der Waals surface area contributed by atoms with Gasteiger partial charge >= 0.3 is 0 Å². The van der Waals surface area contributed by atoms with E-state index in [2.05, 4.69) is 20.1 Å². The van der Waals surface area contributed by atoms with Crippen LogP contribution in [0.4, 0.5) is 0 Å². The van der Waals surface area contributed by atoms with E-state index in [0.717, 1.165) is 42.9 Å². The highest BCUT2D eigenvalue weighted by Crippen LogP contribution is 2.24. The Morgan fingerprint density at radius 1 is 1.35 bits per heavy atom. The number of hydrogen-bond donors (Lipinski definition) is 1. The van der Waals surface area contributed by atoms with Crippen molar-refractivity contribution in [1.82, 2.24) is 25.0 Å². The molecule has 0 unspecified atom stereocenters. The van der Waals surface area contributed by atoms with E-state index in [1.807, 2.05) is 17.0 Å². The van der Waals surface area contributed by atoms with Gasteiger partial charge in [0.05, 0.1) is 26.0 Å². The fourth-order valence-electron chi connectivity index (χ4n) is 3.57. The summed E-state index contributed by atoms with van der Waals surface area (Å²) in [5, 5.41) is 7.40. The van der Waals surface area contributed by atoms with Crippen molar-refractivity contribution in [3.63, 3.8) is 0 Å². The quantitative estimate of drug-likeness (QED) is 0.873. The third-order valence-corrected chi connectivity index (χ3v) is 4.95. The van der Waals surface area contributed by atoms with Crippen molar-refractivity contribution >= 4 is 5.91 Å². The smallest absolute Gasteiger partial charge is 0.274 e. The summed E-state index contributed by atoms with van der Waals surface area (Å²) in [6.45, 7) is 4.81. The Kier molecular flexibility index (Phi) is 4.85. The number of aromatic nitrogens is 3. The van der Waals surface area contributed by atoms with Crippen LogP contribution in [0.1, 0.15) is 27.3 Å². The number of hydrogen-bond acceptors (Lipinski definition) is 6. The Hall–Kier alpha value is -2.45. The van der Waals surface area contributed by atoms with E-state index < -0.39 is 0 Å². The van der Waals surface area contributed by atoms with Gasteiger partial charge in [-0.3, -0.25) is 14.8 Å². The average molecular weight is 357 g/mol. The number of nitrogens with one attached hydrogen (secondary N) is 1. The molecule has 2 aliphatic rings. The Bertz CT molecular complexity index is 785. The minimum absolute atomic E-state index is 0.00757. The minimum Gasteiger partial charge on any atom is -0.481 e. The molecular formula is C18H23N5O3. The number of fused-ring (bicyclic) bond motifs is 1. The number of H-pyrrole nitrogens is 1. The molecule has 0 saturated carbocycles. The van der Waals surface area contributed by atoms with Crippen molar-refractivity contribution in [3.8, 4) is 5.88 Å². The zero-order valence-electron chi connectivity index (χ0n) is 14.9. The summed E-state index contributed by atoms with van der Waals surface area (Å²) in [6, 6.07) is 3.95. The number of carbonyl (C=O) groups is 1. The van der Waals surface area contributed by atoms with Crippen molar-refractivity contribution in [2.24, 2.45) is 0 Å². The average Bonchev–Trinajstić information content (AvgIpc) is 3.12. The third kappa shape index (κ3) is 3.30. The molecule has 1 fully saturated rings. The fraction of sp³-hybridized carbons (Fsp3) is 0.500. The van der Waals surface area contributed by atoms with E-state index >= 15 is 0 Å². The van der Waals surface area contributed by atoms with E-state index in [4.69, 9.17) is 9.47 Å². The number of carbonyl (C=O) groups excluding carboxylic acids is 1. The molecule has 0 bridgehead atoms. The lowest BCUT2D eigenvalue weighted by Crippen LogP contribution is -2.41. The number of amides is 1. The van der Waals surface area contributed by atoms with Crippen LogP contribution in [0.15, 0.2) is 18.3 Å². The summed E-state index contributed by atoms with van der Waals surface area (Å²) in [5.74, 6) is 0.666. The van der Waals surface area contributed by atoms with Crippen LogP contribution in [0.5, 0.6) is 5.88 Å². The first-order chi connectivity index (χ1) is 12.8. The second-order valence-corrected chi connectivity index (χ2v) is 6.57. The SMILES string of the molecule is COc1ncccc1CN1CCc2c(C(=O)N3CCOCC3)n[nH]c2C1. The van der Waals surface area contributed by atoms with Gasteiger partial charge in [0.15, 0.2) is 5.69 Å². The summed E-state index contributed by atoms with van der Waals surface area (Å²) >= 11 is 0. The van der Waals surface area contributed by atoms with Crippen LogP contribution in [0, 0.1) is 0 Å². The highest BCUT2D eigenvalue weighted by atomic mass is 16.5. The van der Waals surface area contributed by atoms with Gasteiger partial charge in [0.1, 0.15) is 0 Å². The molecule has 8 heteroatoms. The molecule has 4 rings (SSSR count). The molecule has 1 N–H and O–H groups in total. The van der Waals surface area contributed by atoms with E-state index in [-0.39, 0.29) is 5.91 Å². The number of nitrogens with zero attached hydrogens (tertiary/aromatic N) is 4. The topological polar surface area (TPSA) is 83.6 Å². The lowest BCUT2D eigenvalue weighted by Gasteiger charge is -2.28. The Morgan fingerprint density at radius 2 is 2.19 bits per heavy atom. The fourth-order valence-corrected chi connectivity index (χ4v) is 3.57. The van der Waals surface area contributed by atoms with E-state index in [1.54, 1.807) is 13.3 Å². The summed E-state index contributed by atoms with van der Waals surface area (Å²) in [4.78, 5) is 21.1. The molecule has 0 spiro atoms. The molecule has 2 aromatic rings. The molecule has 4 heterocycles. The lowest BCUT2D eigenvalue weighted by molar-refractivity contribution is 0.0298. The van der Waals surface area contributed by atoms with Gasteiger partial charge in [-0.05, 0) is 12.5 Å². The molecule has 138 valence electrons. The van der Waals surface area contributed by atoms with Gasteiger partial charge in [0.25, 0.3) is 5.91 Å². The van der Waals surface area contributed by atoms with Crippen LogP contribution in [-0.4, -0.2) is 70.8 Å². The molecule has 0 aromatic carbocycles. The van der Waals surface area contributed by atoms with Gasteiger partial charge in [-0.1, -0.05) is 6.07 Å². The van der Waals surface area contributed by atoms with E-state index in [9.17, 15) is 4.79 Å². The maximum Gasteiger partial charge on any atom is 0.274 e. The largest absolute Gasteiger partial charge is 0.481 e. The molecule has 1 amide bonds. The number of rotatable bonds is 4. The predicted molar refractivity (Wildman–Crippen MR) is 93.9 cm³/mol. The predicted octanol–water partition coefficient (Wildman–Crippen LogP) is 0.844.